The van der Waals surface area contributed by atoms with Crippen molar-refractivity contribution in [2.45, 2.75) is 0 Å². The van der Waals surface area contributed by atoms with Crippen LogP contribution in [0.4, 0.5) is 0 Å². The summed E-state index contributed by atoms with van der Waals surface area (Å²) in [7, 11) is 4.13. The van der Waals surface area contributed by atoms with Crippen LogP contribution >= 0.6 is 9.19 Å². The molecule has 0 saturated heterocycles. The van der Waals surface area contributed by atoms with Crippen LogP contribution in [0.25, 0.3) is 0 Å². The third-order valence-electron chi connectivity index (χ3n) is 0. The Kier molecular flexibility index (Phi) is 11700. The molecule has 0 aromatic heterocycles. The predicted molar refractivity (Wildman–Crippen MR) is 39.3 cm³/mol. The van der Waals surface area contributed by atoms with Crippen molar-refractivity contribution in [2.24, 2.45) is 0 Å². The molecule has 0 fully saturated rings. The van der Waals surface area contributed by atoms with Gasteiger partial charge in [-0.25, -0.2) is 0 Å². The molecule has 0 amide bonds. The van der Waals surface area contributed by atoms with Crippen molar-refractivity contribution in [3.05, 3.63) is 0 Å². The third kappa shape index (κ3) is 359. The summed E-state index contributed by atoms with van der Waals surface area (Å²) in [5.74, 6) is 0. The van der Waals surface area contributed by atoms with Gasteiger partial charge in [-0.3, -0.25) is 0 Å². The summed E-state index contributed by atoms with van der Waals surface area (Å²) < 4.78 is 0. The first kappa shape index (κ1) is 165. The van der Waals surface area contributed by atoms with Gasteiger partial charge in [0.25, 0.3) is 0 Å². The second-order valence-electron chi connectivity index (χ2n) is 0. The van der Waals surface area contributed by atoms with Gasteiger partial charge in [0.15, 0.2) is 0 Å². The van der Waals surface area contributed by atoms with Crippen molar-refractivity contribution in [1.29, 1.82) is 0 Å². The molecule has 0 saturated carbocycles. The first-order valence-electron chi connectivity index (χ1n) is 0.183. The van der Waals surface area contributed by atoms with Gasteiger partial charge < -0.3 is 34.9 Å². The summed E-state index contributed by atoms with van der Waals surface area (Å²) in [5.41, 5.74) is 0. The van der Waals surface area contributed by atoms with Gasteiger partial charge >= 0.3 is 30.2 Å². The zero-order chi connectivity index (χ0) is 2.00. The van der Waals surface area contributed by atoms with Gasteiger partial charge in [-0.15, -0.1) is 0 Å². The van der Waals surface area contributed by atoms with E-state index in [4.69, 9.17) is 0 Å². The summed E-state index contributed by atoms with van der Waals surface area (Å²) in [6.07, 6.45) is 0. The van der Waals surface area contributed by atoms with Gasteiger partial charge in [-0.1, -0.05) is 0 Å². The Hall–Kier alpha value is 0.798. The fourth-order valence-corrected chi connectivity index (χ4v) is 0. The summed E-state index contributed by atoms with van der Waals surface area (Å²) in [4.78, 5) is 0. The van der Waals surface area contributed by atoms with E-state index < -0.39 is 0 Å². The Bertz CT molecular complexity index is 14.5. The van der Waals surface area contributed by atoms with Crippen molar-refractivity contribution < 1.29 is 16.4 Å². The SMILES string of the molecule is N.N.N.O.O.O.[S]=[Sb]. The molecule has 0 spiro atoms. The topological polar surface area (TPSA) is 200 Å². The Labute approximate surface area is 65.3 Å². The van der Waals surface area contributed by atoms with Gasteiger partial charge in [0.1, 0.15) is 0 Å². The van der Waals surface area contributed by atoms with E-state index in [2.05, 4.69) is 9.19 Å². The molecule has 0 rings (SSSR count). The number of rotatable bonds is 0. The Morgan fingerprint density at radius 3 is 0.625 bits per heavy atom. The van der Waals surface area contributed by atoms with E-state index in [9.17, 15) is 0 Å². The molecule has 0 heterocycles. The molecular formula is H15N3O3SSb. The van der Waals surface area contributed by atoms with Crippen LogP contribution in [0.2, 0.25) is 0 Å². The number of hydrogen-bond acceptors (Lipinski definition) is 4. The molecule has 0 atom stereocenters. The predicted octanol–water partition coefficient (Wildman–Crippen LogP) is -1.72. The Morgan fingerprint density at radius 1 is 0.625 bits per heavy atom. The minimum atomic E-state index is 0. The molecule has 8 heteroatoms. The Morgan fingerprint density at radius 2 is 0.625 bits per heavy atom. The summed E-state index contributed by atoms with van der Waals surface area (Å²) in [5, 5.41) is 0. The maximum atomic E-state index is 4.13. The van der Waals surface area contributed by atoms with Crippen molar-refractivity contribution in [2.75, 3.05) is 0 Å². The van der Waals surface area contributed by atoms with Gasteiger partial charge in [0, 0.05) is 0 Å². The van der Waals surface area contributed by atoms with Crippen molar-refractivity contribution in [3.8, 4) is 0 Å². The van der Waals surface area contributed by atoms with Crippen LogP contribution < -0.4 is 18.5 Å². The van der Waals surface area contributed by atoms with E-state index >= 15 is 0 Å². The zero-order valence-electron chi connectivity index (χ0n) is 4.48. The zero-order valence-corrected chi connectivity index (χ0v) is 7.85. The fourth-order valence-electron chi connectivity index (χ4n) is 0. The molecule has 0 aromatic carbocycles. The molecule has 8 heavy (non-hydrogen) atoms. The average Bonchev–Trinajstić information content (AvgIpc) is 1.00. The molecule has 0 bridgehead atoms. The summed E-state index contributed by atoms with van der Waals surface area (Å²) in [6.45, 7) is 0. The molecule has 0 unspecified atom stereocenters. The summed E-state index contributed by atoms with van der Waals surface area (Å²) in [6, 6.07) is 0. The fraction of sp³-hybridized carbons (Fsp3) is 0. The van der Waals surface area contributed by atoms with Gasteiger partial charge in [-0.2, -0.15) is 0 Å². The van der Waals surface area contributed by atoms with E-state index in [0.717, 1.165) is 0 Å². The standard InChI is InChI=1S/3H3N.3H2O.S.Sb/h3*1H3;3*1H2;;. The molecular weight excluding hydrogens is 244 g/mol. The number of hydrogen-bond donors (Lipinski definition) is 3. The molecule has 0 aliphatic rings. The second-order valence-corrected chi connectivity index (χ2v) is 0. The Balaban J connectivity index is -0.000000000333. The first-order valence-corrected chi connectivity index (χ1v) is 3.67. The minimum absolute atomic E-state index is 0. The normalized spacial score (nSPS) is 0.500. The van der Waals surface area contributed by atoms with Crippen LogP contribution in [0.1, 0.15) is 0 Å². The van der Waals surface area contributed by atoms with Crippen molar-refractivity contribution in [1.82, 2.24) is 18.5 Å². The molecule has 59 valence electrons. The van der Waals surface area contributed by atoms with Crippen LogP contribution in [-0.2, 0) is 0 Å². The molecule has 15 N–H and O–H groups in total. The van der Waals surface area contributed by atoms with Crippen molar-refractivity contribution in [3.63, 3.8) is 0 Å². The van der Waals surface area contributed by atoms with Gasteiger partial charge in [0.2, 0.25) is 0 Å². The third-order valence-corrected chi connectivity index (χ3v) is 0. The van der Waals surface area contributed by atoms with Crippen LogP contribution in [0.5, 0.6) is 0 Å². The van der Waals surface area contributed by atoms with Crippen LogP contribution in [-0.4, -0.2) is 37.5 Å². The molecule has 0 aromatic rings. The van der Waals surface area contributed by atoms with Gasteiger partial charge in [-0.05, 0) is 0 Å². The summed E-state index contributed by atoms with van der Waals surface area (Å²) >= 11 is 1.33. The quantitative estimate of drug-likeness (QED) is 0.434. The van der Waals surface area contributed by atoms with E-state index in [-0.39, 0.29) is 34.9 Å². The molecule has 0 aliphatic carbocycles. The van der Waals surface area contributed by atoms with E-state index in [1.807, 2.05) is 0 Å². The van der Waals surface area contributed by atoms with Crippen molar-refractivity contribution >= 4 is 30.2 Å². The molecule has 0 aliphatic heterocycles. The van der Waals surface area contributed by atoms with Crippen LogP contribution in [0.3, 0.4) is 0 Å². The average molecular weight is 259 g/mol. The monoisotopic (exact) mass is 258 g/mol. The second kappa shape index (κ2) is 566. The van der Waals surface area contributed by atoms with Crippen LogP contribution in [0, 0.1) is 0 Å². The van der Waals surface area contributed by atoms with E-state index in [1.54, 1.807) is 0 Å². The van der Waals surface area contributed by atoms with Gasteiger partial charge in [0.05, 0.1) is 0 Å². The van der Waals surface area contributed by atoms with Crippen LogP contribution in [0.15, 0.2) is 0 Å². The first-order chi connectivity index (χ1) is 1.00. The van der Waals surface area contributed by atoms with E-state index in [1.165, 1.54) is 21.1 Å². The van der Waals surface area contributed by atoms with E-state index in [0.29, 0.717) is 0 Å². The maximum absolute atomic E-state index is 4.13. The molecule has 1 radical (unpaired) electrons. The molecule has 6 nitrogen and oxygen atoms in total.